The van der Waals surface area contributed by atoms with Crippen molar-refractivity contribution in [3.05, 3.63) is 47.9 Å². The molecule has 0 spiro atoms. The van der Waals surface area contributed by atoms with Gasteiger partial charge in [-0.1, -0.05) is 0 Å². The topological polar surface area (TPSA) is 82.8 Å². The second-order valence-electron chi connectivity index (χ2n) is 6.80. The summed E-state index contributed by atoms with van der Waals surface area (Å²) in [6.07, 6.45) is -0.184. The third kappa shape index (κ3) is 3.37. The monoisotopic (exact) mass is 427 g/mol. The summed E-state index contributed by atoms with van der Waals surface area (Å²) in [5.74, 6) is -7.96. The molecule has 1 aromatic carbocycles. The third-order valence-electron chi connectivity index (χ3n) is 4.86. The van der Waals surface area contributed by atoms with Crippen LogP contribution in [0.3, 0.4) is 0 Å². The molecule has 7 nitrogen and oxygen atoms in total. The van der Waals surface area contributed by atoms with Crippen molar-refractivity contribution in [1.82, 2.24) is 19.5 Å². The van der Waals surface area contributed by atoms with Crippen LogP contribution in [0.5, 0.6) is 0 Å². The van der Waals surface area contributed by atoms with E-state index in [0.29, 0.717) is 4.90 Å². The van der Waals surface area contributed by atoms with Crippen molar-refractivity contribution < 1.29 is 31.9 Å². The first kappa shape index (κ1) is 19.9. The summed E-state index contributed by atoms with van der Waals surface area (Å²) in [7, 11) is 0. The molecule has 12 heteroatoms. The standard InChI is InChI=1S/C18H14F5N5O2/c19-11-4-3-9(13(20)14(11)21)10-2-1-6-28-15(10)25-16(26-28)24-12-5-7-27(17(29)30)8-18(12,22)23/h1-4,6,12H,5,7-8H2,(H,24,26)(H,29,30). The second kappa shape index (κ2) is 7.11. The zero-order chi connectivity index (χ0) is 21.6. The number of benzene rings is 1. The quantitative estimate of drug-likeness (QED) is 0.493. The molecule has 0 bridgehead atoms. The smallest absolute Gasteiger partial charge is 0.407 e. The van der Waals surface area contributed by atoms with Gasteiger partial charge in [0.05, 0.1) is 12.6 Å². The average Bonchev–Trinajstić information content (AvgIpc) is 3.10. The van der Waals surface area contributed by atoms with Crippen molar-refractivity contribution in [2.45, 2.75) is 18.4 Å². The summed E-state index contributed by atoms with van der Waals surface area (Å²) in [5.41, 5.74) is -0.142. The number of carboxylic acid groups (broad SMARTS) is 1. The van der Waals surface area contributed by atoms with Crippen LogP contribution in [-0.4, -0.2) is 55.8 Å². The molecule has 1 aliphatic rings. The van der Waals surface area contributed by atoms with Crippen LogP contribution in [0.25, 0.3) is 16.8 Å². The lowest BCUT2D eigenvalue weighted by Crippen LogP contribution is -2.55. The fourth-order valence-corrected chi connectivity index (χ4v) is 3.35. The lowest BCUT2D eigenvalue weighted by Gasteiger charge is -2.36. The number of carbonyl (C=O) groups is 1. The normalized spacial score (nSPS) is 18.6. The molecule has 4 rings (SSSR count). The van der Waals surface area contributed by atoms with Crippen molar-refractivity contribution >= 4 is 17.7 Å². The number of hydrogen-bond donors (Lipinski definition) is 2. The molecular weight excluding hydrogens is 413 g/mol. The van der Waals surface area contributed by atoms with Crippen LogP contribution in [0, 0.1) is 17.5 Å². The van der Waals surface area contributed by atoms with Crippen molar-refractivity contribution in [1.29, 1.82) is 0 Å². The minimum atomic E-state index is -3.37. The van der Waals surface area contributed by atoms with E-state index in [2.05, 4.69) is 15.4 Å². The maximum atomic E-state index is 14.3. The first-order valence-corrected chi connectivity index (χ1v) is 8.79. The number of likely N-dealkylation sites (tertiary alicyclic amines) is 1. The largest absolute Gasteiger partial charge is 0.465 e. The molecule has 1 unspecified atom stereocenters. The van der Waals surface area contributed by atoms with Gasteiger partial charge in [0.15, 0.2) is 23.1 Å². The summed E-state index contributed by atoms with van der Waals surface area (Å²) >= 11 is 0. The Hall–Kier alpha value is -3.44. The molecule has 0 saturated carbocycles. The van der Waals surface area contributed by atoms with E-state index >= 15 is 0 Å². The van der Waals surface area contributed by atoms with E-state index in [-0.39, 0.29) is 35.7 Å². The van der Waals surface area contributed by atoms with Gasteiger partial charge in [-0.05, 0) is 30.7 Å². The van der Waals surface area contributed by atoms with Gasteiger partial charge in [-0.3, -0.25) is 0 Å². The molecule has 1 saturated heterocycles. The number of fused-ring (bicyclic) bond motifs is 1. The minimum absolute atomic E-state index is 0.0381. The number of halogens is 5. The molecule has 1 atom stereocenters. The van der Waals surface area contributed by atoms with Gasteiger partial charge < -0.3 is 15.3 Å². The Balaban J connectivity index is 1.66. The fraction of sp³-hybridized carbons (Fsp3) is 0.278. The zero-order valence-electron chi connectivity index (χ0n) is 15.1. The van der Waals surface area contributed by atoms with Gasteiger partial charge in [0.1, 0.15) is 0 Å². The van der Waals surface area contributed by atoms with E-state index in [1.54, 1.807) is 0 Å². The highest BCUT2D eigenvalue weighted by Crippen LogP contribution is 2.31. The molecule has 1 aliphatic heterocycles. The van der Waals surface area contributed by atoms with Crippen LogP contribution in [-0.2, 0) is 0 Å². The zero-order valence-corrected chi connectivity index (χ0v) is 15.1. The van der Waals surface area contributed by atoms with E-state index in [9.17, 15) is 26.7 Å². The molecular formula is C18H14F5N5O2. The van der Waals surface area contributed by atoms with Gasteiger partial charge in [-0.15, -0.1) is 5.10 Å². The molecule has 158 valence electrons. The Kier molecular flexibility index (Phi) is 4.71. The van der Waals surface area contributed by atoms with Crippen LogP contribution in [0.2, 0.25) is 0 Å². The van der Waals surface area contributed by atoms with Crippen molar-refractivity contribution in [2.24, 2.45) is 0 Å². The summed E-state index contributed by atoms with van der Waals surface area (Å²) in [6, 6.07) is 3.25. The van der Waals surface area contributed by atoms with E-state index in [4.69, 9.17) is 5.11 Å². The number of nitrogens with one attached hydrogen (secondary N) is 1. The predicted octanol–water partition coefficient (Wildman–Crippen LogP) is 3.61. The number of pyridine rings is 1. The SMILES string of the molecule is O=C(O)N1CCC(Nc2nc3c(-c4ccc(F)c(F)c4F)cccn3n2)C(F)(F)C1. The van der Waals surface area contributed by atoms with E-state index in [1.807, 2.05) is 0 Å². The highest BCUT2D eigenvalue weighted by Gasteiger charge is 2.46. The molecule has 3 aromatic rings. The molecule has 1 fully saturated rings. The number of rotatable bonds is 3. The number of piperidine rings is 1. The molecule has 2 N–H and O–H groups in total. The average molecular weight is 427 g/mol. The fourth-order valence-electron chi connectivity index (χ4n) is 3.35. The maximum Gasteiger partial charge on any atom is 0.407 e. The Morgan fingerprint density at radius 2 is 1.93 bits per heavy atom. The van der Waals surface area contributed by atoms with Crippen LogP contribution < -0.4 is 5.32 Å². The molecule has 1 amide bonds. The minimum Gasteiger partial charge on any atom is -0.465 e. The van der Waals surface area contributed by atoms with Gasteiger partial charge in [-0.2, -0.15) is 4.98 Å². The lowest BCUT2D eigenvalue weighted by atomic mass is 10.0. The summed E-state index contributed by atoms with van der Waals surface area (Å²) in [6.45, 7) is -1.07. The summed E-state index contributed by atoms with van der Waals surface area (Å²) < 4.78 is 71.0. The van der Waals surface area contributed by atoms with Gasteiger partial charge in [-0.25, -0.2) is 31.3 Å². The van der Waals surface area contributed by atoms with Crippen LogP contribution in [0.4, 0.5) is 32.7 Å². The molecule has 2 aromatic heterocycles. The van der Waals surface area contributed by atoms with Gasteiger partial charge in [0, 0.05) is 23.9 Å². The number of hydrogen-bond acceptors (Lipinski definition) is 4. The highest BCUT2D eigenvalue weighted by molar-refractivity contribution is 5.78. The number of amides is 1. The van der Waals surface area contributed by atoms with Crippen molar-refractivity contribution in [3.63, 3.8) is 0 Å². The molecule has 0 radical (unpaired) electrons. The Morgan fingerprint density at radius 1 is 1.17 bits per heavy atom. The van der Waals surface area contributed by atoms with E-state index in [0.717, 1.165) is 12.1 Å². The first-order valence-electron chi connectivity index (χ1n) is 8.79. The van der Waals surface area contributed by atoms with Gasteiger partial charge in [0.2, 0.25) is 5.95 Å². The van der Waals surface area contributed by atoms with E-state index < -0.39 is 42.1 Å². The maximum absolute atomic E-state index is 14.3. The number of alkyl halides is 2. The first-order chi connectivity index (χ1) is 14.2. The number of aromatic nitrogens is 3. The Labute approximate surface area is 165 Å². The second-order valence-corrected chi connectivity index (χ2v) is 6.80. The number of nitrogens with zero attached hydrogens (tertiary/aromatic N) is 4. The van der Waals surface area contributed by atoms with Crippen LogP contribution in [0.15, 0.2) is 30.5 Å². The molecule has 30 heavy (non-hydrogen) atoms. The van der Waals surface area contributed by atoms with E-state index in [1.165, 1.54) is 22.8 Å². The van der Waals surface area contributed by atoms with Crippen LogP contribution in [0.1, 0.15) is 6.42 Å². The molecule has 0 aliphatic carbocycles. The highest BCUT2D eigenvalue weighted by atomic mass is 19.3. The van der Waals surface area contributed by atoms with Crippen molar-refractivity contribution in [2.75, 3.05) is 18.4 Å². The molecule has 3 heterocycles. The predicted molar refractivity (Wildman–Crippen MR) is 94.9 cm³/mol. The van der Waals surface area contributed by atoms with Crippen LogP contribution >= 0.6 is 0 Å². The summed E-state index contributed by atoms with van der Waals surface area (Å²) in [4.78, 5) is 15.6. The summed E-state index contributed by atoms with van der Waals surface area (Å²) in [5, 5.41) is 15.4. The Morgan fingerprint density at radius 3 is 2.63 bits per heavy atom. The van der Waals surface area contributed by atoms with Gasteiger partial charge >= 0.3 is 6.09 Å². The van der Waals surface area contributed by atoms with Gasteiger partial charge in [0.25, 0.3) is 5.92 Å². The Bertz CT molecular complexity index is 1140. The third-order valence-corrected chi connectivity index (χ3v) is 4.86. The lowest BCUT2D eigenvalue weighted by molar-refractivity contribution is -0.0673. The number of anilines is 1. The van der Waals surface area contributed by atoms with Crippen molar-refractivity contribution in [3.8, 4) is 11.1 Å².